The third kappa shape index (κ3) is 5.20. The summed E-state index contributed by atoms with van der Waals surface area (Å²) in [6.45, 7) is 0. The van der Waals surface area contributed by atoms with Crippen LogP contribution in [0, 0.1) is 0 Å². The second-order valence-electron chi connectivity index (χ2n) is 7.53. The molecular formula is C24H30O2. The number of hydrogen-bond donors (Lipinski definition) is 1. The molecule has 26 heavy (non-hydrogen) atoms. The van der Waals surface area contributed by atoms with Crippen molar-refractivity contribution in [2.24, 2.45) is 0 Å². The predicted octanol–water partition coefficient (Wildman–Crippen LogP) is 5.05. The Morgan fingerprint density at radius 1 is 0.769 bits per heavy atom. The number of fused-ring (bicyclic) bond motifs is 2. The first-order chi connectivity index (χ1) is 12.7. The molecule has 0 saturated heterocycles. The number of allylic oxidation sites excluding steroid dienone is 2. The van der Waals surface area contributed by atoms with Crippen molar-refractivity contribution < 1.29 is 9.90 Å². The van der Waals surface area contributed by atoms with E-state index in [4.69, 9.17) is 5.11 Å². The molecule has 2 aliphatic carbocycles. The van der Waals surface area contributed by atoms with Gasteiger partial charge in [-0.05, 0) is 58.5 Å². The van der Waals surface area contributed by atoms with E-state index in [1.807, 2.05) is 0 Å². The first-order valence-electron chi connectivity index (χ1n) is 10.2. The summed E-state index contributed by atoms with van der Waals surface area (Å²) in [6.07, 6.45) is 23.5. The highest BCUT2D eigenvalue weighted by molar-refractivity contribution is 5.78. The number of rotatable bonds is 12. The van der Waals surface area contributed by atoms with Crippen molar-refractivity contribution >= 4 is 29.8 Å². The van der Waals surface area contributed by atoms with Gasteiger partial charge in [0.1, 0.15) is 0 Å². The minimum Gasteiger partial charge on any atom is -0.481 e. The molecule has 138 valence electrons. The Labute approximate surface area is 156 Å². The molecule has 0 heterocycles. The minimum atomic E-state index is -0.665. The minimum absolute atomic E-state index is 0.327. The average Bonchev–Trinajstić information content (AvgIpc) is 3.23. The highest BCUT2D eigenvalue weighted by Gasteiger charge is 2.08. The van der Waals surface area contributed by atoms with Gasteiger partial charge in [0.05, 0.1) is 0 Å². The molecule has 3 rings (SSSR count). The SMILES string of the molecule is O=C(O)CCCCCCCCCCCC1=c2cc3c(cc2C=C1)=CC=C3. The van der Waals surface area contributed by atoms with E-state index >= 15 is 0 Å². The van der Waals surface area contributed by atoms with Crippen molar-refractivity contribution in [3.63, 3.8) is 0 Å². The van der Waals surface area contributed by atoms with Gasteiger partial charge < -0.3 is 5.11 Å². The molecule has 0 saturated carbocycles. The number of unbranched alkanes of at least 4 members (excludes halogenated alkanes) is 8. The normalized spacial score (nSPS) is 13.8. The molecule has 0 bridgehead atoms. The third-order valence-electron chi connectivity index (χ3n) is 5.45. The summed E-state index contributed by atoms with van der Waals surface area (Å²) in [5, 5.41) is 11.4. The van der Waals surface area contributed by atoms with Crippen LogP contribution in [0.1, 0.15) is 81.8 Å². The number of benzene rings is 1. The number of aliphatic carboxylic acids is 1. The van der Waals surface area contributed by atoms with Crippen LogP contribution >= 0.6 is 0 Å². The van der Waals surface area contributed by atoms with E-state index in [0.29, 0.717) is 6.42 Å². The molecule has 0 aliphatic heterocycles. The Morgan fingerprint density at radius 3 is 2.19 bits per heavy atom. The highest BCUT2D eigenvalue weighted by atomic mass is 16.4. The van der Waals surface area contributed by atoms with Gasteiger partial charge in [0.15, 0.2) is 0 Å². The lowest BCUT2D eigenvalue weighted by Crippen LogP contribution is -2.14. The summed E-state index contributed by atoms with van der Waals surface area (Å²) in [4.78, 5) is 10.4. The van der Waals surface area contributed by atoms with Gasteiger partial charge in [0.25, 0.3) is 0 Å². The molecule has 0 unspecified atom stereocenters. The monoisotopic (exact) mass is 350 g/mol. The van der Waals surface area contributed by atoms with E-state index in [1.165, 1.54) is 78.5 Å². The number of hydrogen-bond acceptors (Lipinski definition) is 1. The Balaban J connectivity index is 1.30. The van der Waals surface area contributed by atoms with Gasteiger partial charge in [-0.15, -0.1) is 0 Å². The summed E-state index contributed by atoms with van der Waals surface area (Å²) in [5.74, 6) is -0.665. The van der Waals surface area contributed by atoms with Crippen molar-refractivity contribution in [1.82, 2.24) is 0 Å². The topological polar surface area (TPSA) is 37.3 Å². The Kier molecular flexibility index (Phi) is 6.88. The lowest BCUT2D eigenvalue weighted by molar-refractivity contribution is -0.137. The van der Waals surface area contributed by atoms with Crippen LogP contribution in [0.15, 0.2) is 24.3 Å². The fourth-order valence-corrected chi connectivity index (χ4v) is 3.94. The maximum atomic E-state index is 10.4. The Morgan fingerprint density at radius 2 is 1.46 bits per heavy atom. The van der Waals surface area contributed by atoms with Gasteiger partial charge in [0, 0.05) is 6.42 Å². The van der Waals surface area contributed by atoms with Gasteiger partial charge >= 0.3 is 5.97 Å². The molecule has 2 heteroatoms. The summed E-state index contributed by atoms with van der Waals surface area (Å²) in [6, 6.07) is 4.66. The summed E-state index contributed by atoms with van der Waals surface area (Å²) in [7, 11) is 0. The first-order valence-corrected chi connectivity index (χ1v) is 10.2. The zero-order chi connectivity index (χ0) is 18.2. The second-order valence-corrected chi connectivity index (χ2v) is 7.53. The fraction of sp³-hybridized carbons (Fsp3) is 0.458. The van der Waals surface area contributed by atoms with Crippen LogP contribution < -0.4 is 10.4 Å². The standard InChI is InChI=1S/C24H30O2/c25-24(26)14-9-7-5-3-1-2-4-6-8-11-19-15-16-22-17-20-12-10-13-21(20)18-23(19)22/h10,12-13,15-18H,1-9,11,14H2,(H,25,26). The number of carboxylic acid groups (broad SMARTS) is 1. The highest BCUT2D eigenvalue weighted by Crippen LogP contribution is 2.19. The van der Waals surface area contributed by atoms with Crippen molar-refractivity contribution in [3.05, 3.63) is 45.8 Å². The van der Waals surface area contributed by atoms with Crippen LogP contribution in [0.2, 0.25) is 0 Å². The largest absolute Gasteiger partial charge is 0.481 e. The lowest BCUT2D eigenvalue weighted by Gasteiger charge is -2.03. The second kappa shape index (κ2) is 9.56. The van der Waals surface area contributed by atoms with Gasteiger partial charge in [-0.1, -0.05) is 75.3 Å². The van der Waals surface area contributed by atoms with Gasteiger partial charge in [0.2, 0.25) is 0 Å². The molecule has 1 N–H and O–H groups in total. The van der Waals surface area contributed by atoms with Crippen LogP contribution in [-0.2, 0) is 4.79 Å². The van der Waals surface area contributed by atoms with Gasteiger partial charge in [-0.25, -0.2) is 0 Å². The maximum absolute atomic E-state index is 10.4. The van der Waals surface area contributed by atoms with Crippen molar-refractivity contribution in [3.8, 4) is 0 Å². The van der Waals surface area contributed by atoms with Crippen LogP contribution in [0.3, 0.4) is 0 Å². The van der Waals surface area contributed by atoms with E-state index < -0.39 is 5.97 Å². The smallest absolute Gasteiger partial charge is 0.303 e. The molecule has 2 nitrogen and oxygen atoms in total. The summed E-state index contributed by atoms with van der Waals surface area (Å²) in [5.41, 5.74) is 4.23. The summed E-state index contributed by atoms with van der Waals surface area (Å²) < 4.78 is 0. The van der Waals surface area contributed by atoms with Crippen LogP contribution in [0.5, 0.6) is 0 Å². The number of carbonyl (C=O) groups is 1. The molecule has 0 spiro atoms. The first kappa shape index (κ1) is 18.7. The molecule has 1 aromatic carbocycles. The summed E-state index contributed by atoms with van der Waals surface area (Å²) >= 11 is 0. The van der Waals surface area contributed by atoms with Crippen LogP contribution in [0.25, 0.3) is 23.8 Å². The maximum Gasteiger partial charge on any atom is 0.303 e. The van der Waals surface area contributed by atoms with Gasteiger partial charge in [-0.3, -0.25) is 4.79 Å². The third-order valence-corrected chi connectivity index (χ3v) is 5.45. The van der Waals surface area contributed by atoms with E-state index in [0.717, 1.165) is 12.8 Å². The van der Waals surface area contributed by atoms with E-state index in [2.05, 4.69) is 42.5 Å². The Hall–Kier alpha value is -2.09. The van der Waals surface area contributed by atoms with Crippen molar-refractivity contribution in [2.45, 2.75) is 70.6 Å². The van der Waals surface area contributed by atoms with E-state index in [1.54, 1.807) is 0 Å². The average molecular weight is 351 g/mol. The van der Waals surface area contributed by atoms with Gasteiger partial charge in [-0.2, -0.15) is 0 Å². The molecule has 0 radical (unpaired) electrons. The van der Waals surface area contributed by atoms with Crippen molar-refractivity contribution in [2.75, 3.05) is 0 Å². The van der Waals surface area contributed by atoms with Crippen LogP contribution in [0.4, 0.5) is 0 Å². The Bertz CT molecular complexity index is 811. The molecule has 0 aromatic heterocycles. The number of carboxylic acids is 1. The zero-order valence-corrected chi connectivity index (χ0v) is 15.7. The van der Waals surface area contributed by atoms with E-state index in [9.17, 15) is 4.79 Å². The van der Waals surface area contributed by atoms with Crippen LogP contribution in [-0.4, -0.2) is 11.1 Å². The zero-order valence-electron chi connectivity index (χ0n) is 15.7. The molecule has 0 fully saturated rings. The molecular weight excluding hydrogens is 320 g/mol. The lowest BCUT2D eigenvalue weighted by atomic mass is 10.0. The molecule has 0 atom stereocenters. The predicted molar refractivity (Wildman–Crippen MR) is 110 cm³/mol. The molecule has 1 aromatic rings. The van der Waals surface area contributed by atoms with E-state index in [-0.39, 0.29) is 0 Å². The quantitative estimate of drug-likeness (QED) is 0.536. The molecule has 2 aliphatic rings. The van der Waals surface area contributed by atoms with Crippen molar-refractivity contribution in [1.29, 1.82) is 0 Å². The molecule has 0 amide bonds. The fourth-order valence-electron chi connectivity index (χ4n) is 3.94.